The predicted octanol–water partition coefficient (Wildman–Crippen LogP) is 2.71. The van der Waals surface area contributed by atoms with Crippen molar-refractivity contribution in [1.82, 2.24) is 10.6 Å². The Morgan fingerprint density at radius 2 is 2.16 bits per heavy atom. The molecule has 2 rings (SSSR count). The van der Waals surface area contributed by atoms with E-state index in [9.17, 15) is 4.79 Å². The summed E-state index contributed by atoms with van der Waals surface area (Å²) in [4.78, 5) is 12.3. The highest BCUT2D eigenvalue weighted by molar-refractivity contribution is 5.78. The van der Waals surface area contributed by atoms with Crippen molar-refractivity contribution in [3.8, 4) is 0 Å². The lowest BCUT2D eigenvalue weighted by Crippen LogP contribution is -2.47. The van der Waals surface area contributed by atoms with Crippen LogP contribution in [-0.4, -0.2) is 25.0 Å². The van der Waals surface area contributed by atoms with Gasteiger partial charge in [-0.25, -0.2) is 0 Å². The zero-order valence-electron chi connectivity index (χ0n) is 12.8. The second-order valence-corrected chi connectivity index (χ2v) is 7.25. The lowest BCUT2D eigenvalue weighted by Gasteiger charge is -2.43. The Kier molecular flexibility index (Phi) is 4.88. The van der Waals surface area contributed by atoms with Gasteiger partial charge in [-0.3, -0.25) is 4.79 Å². The summed E-state index contributed by atoms with van der Waals surface area (Å²) in [5.74, 6) is 1.26. The molecular weight excluding hydrogens is 236 g/mol. The predicted molar refractivity (Wildman–Crippen MR) is 78.9 cm³/mol. The van der Waals surface area contributed by atoms with Gasteiger partial charge in [-0.2, -0.15) is 0 Å². The van der Waals surface area contributed by atoms with E-state index < -0.39 is 0 Å². The number of carbonyl (C=O) groups is 1. The van der Waals surface area contributed by atoms with E-state index in [-0.39, 0.29) is 5.92 Å². The van der Waals surface area contributed by atoms with E-state index in [1.165, 1.54) is 25.7 Å². The monoisotopic (exact) mass is 266 g/mol. The van der Waals surface area contributed by atoms with Crippen LogP contribution in [-0.2, 0) is 4.79 Å². The van der Waals surface area contributed by atoms with Gasteiger partial charge in [-0.05, 0) is 56.9 Å². The van der Waals surface area contributed by atoms with Crippen molar-refractivity contribution in [2.24, 2.45) is 17.3 Å². The first-order chi connectivity index (χ1) is 9.01. The topological polar surface area (TPSA) is 41.1 Å². The molecule has 0 aromatic carbocycles. The molecule has 110 valence electrons. The fourth-order valence-electron chi connectivity index (χ4n) is 3.78. The van der Waals surface area contributed by atoms with Gasteiger partial charge in [0, 0.05) is 18.5 Å². The number of nitrogens with one attached hydrogen (secondary N) is 2. The van der Waals surface area contributed by atoms with Crippen LogP contribution in [0.5, 0.6) is 0 Å². The van der Waals surface area contributed by atoms with Crippen molar-refractivity contribution < 1.29 is 4.79 Å². The summed E-state index contributed by atoms with van der Waals surface area (Å²) in [7, 11) is 0. The Morgan fingerprint density at radius 3 is 2.68 bits per heavy atom. The maximum atomic E-state index is 12.3. The van der Waals surface area contributed by atoms with E-state index in [1.807, 2.05) is 0 Å². The Labute approximate surface area is 117 Å². The summed E-state index contributed by atoms with van der Waals surface area (Å²) >= 11 is 0. The maximum Gasteiger partial charge on any atom is 0.223 e. The quantitative estimate of drug-likeness (QED) is 0.803. The minimum absolute atomic E-state index is 0.229. The van der Waals surface area contributed by atoms with Crippen LogP contribution in [0.3, 0.4) is 0 Å². The molecule has 1 amide bonds. The highest BCUT2D eigenvalue weighted by Crippen LogP contribution is 2.45. The summed E-state index contributed by atoms with van der Waals surface area (Å²) < 4.78 is 0. The molecule has 0 bridgehead atoms. The molecule has 3 nitrogen and oxygen atoms in total. The first-order valence-electron chi connectivity index (χ1n) is 8.02. The zero-order chi connectivity index (χ0) is 13.9. The molecule has 0 aromatic heterocycles. The number of hydrogen-bond acceptors (Lipinski definition) is 2. The minimum atomic E-state index is 0.229. The molecule has 0 aromatic rings. The van der Waals surface area contributed by atoms with E-state index >= 15 is 0 Å². The molecule has 1 aliphatic carbocycles. The van der Waals surface area contributed by atoms with Crippen LogP contribution in [0.2, 0.25) is 0 Å². The van der Waals surface area contributed by atoms with Crippen LogP contribution >= 0.6 is 0 Å². The zero-order valence-corrected chi connectivity index (χ0v) is 12.8. The van der Waals surface area contributed by atoms with Crippen molar-refractivity contribution in [2.45, 2.75) is 65.3 Å². The fraction of sp³-hybridized carbons (Fsp3) is 0.938. The van der Waals surface area contributed by atoms with Crippen molar-refractivity contribution in [2.75, 3.05) is 13.1 Å². The van der Waals surface area contributed by atoms with Gasteiger partial charge in [0.1, 0.15) is 0 Å². The molecular formula is C16H30N2O. The molecule has 0 radical (unpaired) electrons. The molecule has 1 saturated heterocycles. The summed E-state index contributed by atoms with van der Waals surface area (Å²) in [6, 6.07) is 0.484. The maximum absolute atomic E-state index is 12.3. The van der Waals surface area contributed by atoms with E-state index in [0.717, 1.165) is 31.8 Å². The molecule has 2 aliphatic rings. The third-order valence-electron chi connectivity index (χ3n) is 4.89. The molecule has 19 heavy (non-hydrogen) atoms. The van der Waals surface area contributed by atoms with Gasteiger partial charge in [0.05, 0.1) is 0 Å². The van der Waals surface area contributed by atoms with Gasteiger partial charge in [-0.15, -0.1) is 0 Å². The molecule has 0 unspecified atom stereocenters. The van der Waals surface area contributed by atoms with Crippen LogP contribution in [0.25, 0.3) is 0 Å². The SMILES string of the molecule is CC(C)CC1(CNC(=O)[C@H]2CCN[C@@H](C)C2)CCC1. The van der Waals surface area contributed by atoms with Gasteiger partial charge in [0.15, 0.2) is 0 Å². The molecule has 1 heterocycles. The van der Waals surface area contributed by atoms with Crippen molar-refractivity contribution in [1.29, 1.82) is 0 Å². The average molecular weight is 266 g/mol. The lowest BCUT2D eigenvalue weighted by atomic mass is 9.64. The van der Waals surface area contributed by atoms with Crippen molar-refractivity contribution in [3.05, 3.63) is 0 Å². The fourth-order valence-corrected chi connectivity index (χ4v) is 3.78. The minimum Gasteiger partial charge on any atom is -0.355 e. The standard InChI is InChI=1S/C16H30N2O/c1-12(2)10-16(6-4-7-16)11-18-15(19)14-5-8-17-13(3)9-14/h12-14,17H,4-11H2,1-3H3,(H,18,19)/t13-,14-/m0/s1. The smallest absolute Gasteiger partial charge is 0.223 e. The summed E-state index contributed by atoms with van der Waals surface area (Å²) in [6.45, 7) is 8.64. The highest BCUT2D eigenvalue weighted by atomic mass is 16.1. The van der Waals surface area contributed by atoms with Gasteiger partial charge in [-0.1, -0.05) is 20.3 Å². The van der Waals surface area contributed by atoms with Crippen molar-refractivity contribution >= 4 is 5.91 Å². The summed E-state index contributed by atoms with van der Waals surface area (Å²) in [5.41, 5.74) is 0.419. The van der Waals surface area contributed by atoms with Crippen LogP contribution in [0.15, 0.2) is 0 Å². The molecule has 0 spiro atoms. The van der Waals surface area contributed by atoms with Crippen LogP contribution in [0.1, 0.15) is 59.3 Å². The second kappa shape index (κ2) is 6.25. The third kappa shape index (κ3) is 3.95. The van der Waals surface area contributed by atoms with E-state index in [2.05, 4.69) is 31.4 Å². The molecule has 2 atom stereocenters. The van der Waals surface area contributed by atoms with Crippen molar-refractivity contribution in [3.63, 3.8) is 0 Å². The third-order valence-corrected chi connectivity index (χ3v) is 4.89. The molecule has 2 N–H and O–H groups in total. The Hall–Kier alpha value is -0.570. The molecule has 2 fully saturated rings. The average Bonchev–Trinajstić information content (AvgIpc) is 2.31. The molecule has 1 saturated carbocycles. The van der Waals surface area contributed by atoms with Crippen LogP contribution in [0.4, 0.5) is 0 Å². The Morgan fingerprint density at radius 1 is 1.42 bits per heavy atom. The number of piperidine rings is 1. The van der Waals surface area contributed by atoms with E-state index in [0.29, 0.717) is 17.4 Å². The second-order valence-electron chi connectivity index (χ2n) is 7.25. The summed E-state index contributed by atoms with van der Waals surface area (Å²) in [5, 5.41) is 6.66. The number of hydrogen-bond donors (Lipinski definition) is 2. The molecule has 3 heteroatoms. The van der Waals surface area contributed by atoms with Gasteiger partial charge in [0.25, 0.3) is 0 Å². The number of carbonyl (C=O) groups excluding carboxylic acids is 1. The largest absolute Gasteiger partial charge is 0.355 e. The van der Waals surface area contributed by atoms with E-state index in [1.54, 1.807) is 0 Å². The first kappa shape index (κ1) is 14.8. The van der Waals surface area contributed by atoms with Crippen LogP contribution < -0.4 is 10.6 Å². The van der Waals surface area contributed by atoms with Crippen LogP contribution in [0, 0.1) is 17.3 Å². The first-order valence-corrected chi connectivity index (χ1v) is 8.02. The van der Waals surface area contributed by atoms with Gasteiger partial charge >= 0.3 is 0 Å². The number of amides is 1. The molecule has 1 aliphatic heterocycles. The Balaban J connectivity index is 1.79. The summed E-state index contributed by atoms with van der Waals surface area (Å²) in [6.07, 6.45) is 7.18. The lowest BCUT2D eigenvalue weighted by molar-refractivity contribution is -0.127. The normalized spacial score (nSPS) is 29.9. The van der Waals surface area contributed by atoms with Gasteiger partial charge in [0.2, 0.25) is 5.91 Å². The Bertz CT molecular complexity index is 310. The highest BCUT2D eigenvalue weighted by Gasteiger charge is 2.38. The number of rotatable bonds is 5. The van der Waals surface area contributed by atoms with E-state index in [4.69, 9.17) is 0 Å². The van der Waals surface area contributed by atoms with Gasteiger partial charge < -0.3 is 10.6 Å².